The lowest BCUT2D eigenvalue weighted by atomic mass is 10.1. The molecule has 5 heteroatoms. The smallest absolute Gasteiger partial charge is 0.328 e. The molecule has 0 unspecified atom stereocenters. The van der Waals surface area contributed by atoms with Crippen LogP contribution < -0.4 is 10.1 Å². The van der Waals surface area contributed by atoms with Gasteiger partial charge in [0.15, 0.2) is 0 Å². The molecule has 0 saturated heterocycles. The zero-order chi connectivity index (χ0) is 16.2. The number of benzene rings is 1. The van der Waals surface area contributed by atoms with E-state index in [0.29, 0.717) is 11.3 Å². The van der Waals surface area contributed by atoms with Crippen LogP contribution in [0, 0.1) is 6.92 Å². The molecule has 5 nitrogen and oxygen atoms in total. The molecule has 1 rings (SSSR count). The van der Waals surface area contributed by atoms with E-state index in [1.165, 1.54) is 0 Å². The number of amides is 1. The molecule has 1 amide bonds. The maximum atomic E-state index is 12.1. The highest BCUT2D eigenvalue weighted by atomic mass is 16.6. The lowest BCUT2D eigenvalue weighted by Gasteiger charge is -2.22. The van der Waals surface area contributed by atoms with E-state index in [4.69, 9.17) is 9.47 Å². The second-order valence-corrected chi connectivity index (χ2v) is 5.91. The summed E-state index contributed by atoms with van der Waals surface area (Å²) in [6, 6.07) is 4.41. The summed E-state index contributed by atoms with van der Waals surface area (Å²) in [4.78, 5) is 24.0. The SMILES string of the molecule is COc1cc(C(=O)N[C@H](C)C(=O)OC(C)(C)C)ccc1C. The lowest BCUT2D eigenvalue weighted by Crippen LogP contribution is -2.42. The van der Waals surface area contributed by atoms with E-state index >= 15 is 0 Å². The first kappa shape index (κ1) is 17.0. The third-order valence-corrected chi connectivity index (χ3v) is 2.78. The first-order valence-electron chi connectivity index (χ1n) is 6.82. The first-order valence-corrected chi connectivity index (χ1v) is 6.82. The van der Waals surface area contributed by atoms with Crippen molar-refractivity contribution >= 4 is 11.9 Å². The van der Waals surface area contributed by atoms with Crippen molar-refractivity contribution in [3.63, 3.8) is 0 Å². The summed E-state index contributed by atoms with van der Waals surface area (Å²) < 4.78 is 10.4. The van der Waals surface area contributed by atoms with E-state index in [1.54, 1.807) is 53.0 Å². The first-order chi connectivity index (χ1) is 9.64. The van der Waals surface area contributed by atoms with Crippen LogP contribution >= 0.6 is 0 Å². The van der Waals surface area contributed by atoms with Crippen LogP contribution in [0.1, 0.15) is 43.6 Å². The number of carbonyl (C=O) groups excluding carboxylic acids is 2. The van der Waals surface area contributed by atoms with Crippen LogP contribution in [-0.4, -0.2) is 30.6 Å². The van der Waals surface area contributed by atoms with Gasteiger partial charge in [0.1, 0.15) is 17.4 Å². The molecule has 0 heterocycles. The summed E-state index contributed by atoms with van der Waals surface area (Å²) in [5.41, 5.74) is 0.797. The van der Waals surface area contributed by atoms with Crippen LogP contribution in [0.25, 0.3) is 0 Å². The highest BCUT2D eigenvalue weighted by Gasteiger charge is 2.23. The van der Waals surface area contributed by atoms with Gasteiger partial charge in [-0.05, 0) is 52.3 Å². The van der Waals surface area contributed by atoms with Crippen molar-refractivity contribution in [1.82, 2.24) is 5.32 Å². The largest absolute Gasteiger partial charge is 0.496 e. The minimum absolute atomic E-state index is 0.341. The monoisotopic (exact) mass is 293 g/mol. The van der Waals surface area contributed by atoms with Crippen molar-refractivity contribution in [3.05, 3.63) is 29.3 Å². The van der Waals surface area contributed by atoms with E-state index in [1.807, 2.05) is 6.92 Å². The second kappa shape index (κ2) is 6.61. The fraction of sp³-hybridized carbons (Fsp3) is 0.500. The van der Waals surface area contributed by atoms with Crippen molar-refractivity contribution < 1.29 is 19.1 Å². The molecule has 0 aliphatic rings. The van der Waals surface area contributed by atoms with Gasteiger partial charge in [-0.3, -0.25) is 4.79 Å². The summed E-state index contributed by atoms with van der Waals surface area (Å²) in [6.07, 6.45) is 0. The van der Waals surface area contributed by atoms with Gasteiger partial charge >= 0.3 is 5.97 Å². The molecule has 1 atom stereocenters. The number of nitrogens with one attached hydrogen (secondary N) is 1. The minimum atomic E-state index is -0.718. The number of hydrogen-bond donors (Lipinski definition) is 1. The van der Waals surface area contributed by atoms with Gasteiger partial charge in [0, 0.05) is 5.56 Å². The lowest BCUT2D eigenvalue weighted by molar-refractivity contribution is -0.156. The van der Waals surface area contributed by atoms with E-state index in [9.17, 15) is 9.59 Å². The summed E-state index contributed by atoms with van der Waals surface area (Å²) in [6.45, 7) is 8.83. The number of esters is 1. The Labute approximate surface area is 125 Å². The third-order valence-electron chi connectivity index (χ3n) is 2.78. The normalized spacial score (nSPS) is 12.5. The van der Waals surface area contributed by atoms with Gasteiger partial charge in [0.25, 0.3) is 5.91 Å². The molecule has 116 valence electrons. The fourth-order valence-electron chi connectivity index (χ4n) is 1.69. The van der Waals surface area contributed by atoms with Crippen molar-refractivity contribution in [2.75, 3.05) is 7.11 Å². The van der Waals surface area contributed by atoms with Crippen molar-refractivity contribution in [2.24, 2.45) is 0 Å². The third kappa shape index (κ3) is 5.10. The van der Waals surface area contributed by atoms with E-state index in [0.717, 1.165) is 5.56 Å². The molecular formula is C16H23NO4. The van der Waals surface area contributed by atoms with Crippen molar-refractivity contribution in [2.45, 2.75) is 46.3 Å². The van der Waals surface area contributed by atoms with Crippen LogP contribution in [-0.2, 0) is 9.53 Å². The molecule has 1 aromatic carbocycles. The molecule has 0 radical (unpaired) electrons. The Morgan fingerprint density at radius 3 is 2.38 bits per heavy atom. The van der Waals surface area contributed by atoms with Crippen LogP contribution in [0.4, 0.5) is 0 Å². The summed E-state index contributed by atoms with van der Waals surface area (Å²) in [5.74, 6) is -0.172. The van der Waals surface area contributed by atoms with Gasteiger partial charge in [-0.25, -0.2) is 4.79 Å². The summed E-state index contributed by atoms with van der Waals surface area (Å²) >= 11 is 0. The standard InChI is InChI=1S/C16H23NO4/c1-10-7-8-12(9-13(10)20-6)14(18)17-11(2)15(19)21-16(3,4)5/h7-9,11H,1-6H3,(H,17,18)/t11-/m1/s1. The summed E-state index contributed by atoms with van der Waals surface area (Å²) in [5, 5.41) is 2.62. The molecule has 0 saturated carbocycles. The molecule has 0 bridgehead atoms. The Bertz CT molecular complexity index is 532. The average Bonchev–Trinajstić information content (AvgIpc) is 2.37. The highest BCUT2D eigenvalue weighted by molar-refractivity contribution is 5.97. The molecule has 1 N–H and O–H groups in total. The van der Waals surface area contributed by atoms with Gasteiger partial charge in [-0.15, -0.1) is 0 Å². The Morgan fingerprint density at radius 1 is 1.24 bits per heavy atom. The maximum Gasteiger partial charge on any atom is 0.328 e. The van der Waals surface area contributed by atoms with E-state index in [-0.39, 0.29) is 5.91 Å². The Hall–Kier alpha value is -2.04. The predicted molar refractivity (Wildman–Crippen MR) is 80.5 cm³/mol. The zero-order valence-electron chi connectivity index (χ0n) is 13.4. The van der Waals surface area contributed by atoms with Crippen molar-refractivity contribution in [3.8, 4) is 5.75 Å². The number of carbonyl (C=O) groups is 2. The van der Waals surface area contributed by atoms with E-state index in [2.05, 4.69) is 5.32 Å². The van der Waals surface area contributed by atoms with Crippen molar-refractivity contribution in [1.29, 1.82) is 0 Å². The molecule has 1 aromatic rings. The van der Waals surface area contributed by atoms with Crippen LogP contribution in [0.3, 0.4) is 0 Å². The molecule has 0 aliphatic carbocycles. The van der Waals surface area contributed by atoms with Gasteiger partial charge in [0.05, 0.1) is 7.11 Å². The highest BCUT2D eigenvalue weighted by Crippen LogP contribution is 2.19. The molecule has 0 fully saturated rings. The van der Waals surface area contributed by atoms with Crippen LogP contribution in [0.2, 0.25) is 0 Å². The van der Waals surface area contributed by atoms with Gasteiger partial charge in [0.2, 0.25) is 0 Å². The fourth-order valence-corrected chi connectivity index (χ4v) is 1.69. The topological polar surface area (TPSA) is 64.6 Å². The van der Waals surface area contributed by atoms with Gasteiger partial charge in [-0.2, -0.15) is 0 Å². The molecule has 0 spiro atoms. The molecular weight excluding hydrogens is 270 g/mol. The number of ether oxygens (including phenoxy) is 2. The molecule has 0 aliphatic heterocycles. The second-order valence-electron chi connectivity index (χ2n) is 5.91. The molecule has 0 aromatic heterocycles. The summed E-state index contributed by atoms with van der Waals surface area (Å²) in [7, 11) is 1.55. The number of aryl methyl sites for hydroxylation is 1. The van der Waals surface area contributed by atoms with Gasteiger partial charge in [-0.1, -0.05) is 6.07 Å². The Balaban J connectivity index is 2.75. The molecule has 21 heavy (non-hydrogen) atoms. The van der Waals surface area contributed by atoms with Crippen LogP contribution in [0.15, 0.2) is 18.2 Å². The number of hydrogen-bond acceptors (Lipinski definition) is 4. The number of methoxy groups -OCH3 is 1. The Kier molecular flexibility index (Phi) is 5.35. The number of rotatable bonds is 4. The maximum absolute atomic E-state index is 12.1. The predicted octanol–water partition coefficient (Wildman–Crippen LogP) is 2.46. The van der Waals surface area contributed by atoms with Crippen LogP contribution in [0.5, 0.6) is 5.75 Å². The zero-order valence-corrected chi connectivity index (χ0v) is 13.4. The minimum Gasteiger partial charge on any atom is -0.496 e. The average molecular weight is 293 g/mol. The Morgan fingerprint density at radius 2 is 1.86 bits per heavy atom. The quantitative estimate of drug-likeness (QED) is 0.866. The van der Waals surface area contributed by atoms with E-state index < -0.39 is 17.6 Å². The van der Waals surface area contributed by atoms with Gasteiger partial charge < -0.3 is 14.8 Å².